The van der Waals surface area contributed by atoms with Crippen LogP contribution in [-0.2, 0) is 20.9 Å². The van der Waals surface area contributed by atoms with Crippen molar-refractivity contribution in [1.29, 1.82) is 5.26 Å². The van der Waals surface area contributed by atoms with Gasteiger partial charge in [0.05, 0.1) is 16.6 Å². The number of hydrogen-bond donors (Lipinski definition) is 1. The van der Waals surface area contributed by atoms with Crippen molar-refractivity contribution in [1.82, 2.24) is 9.13 Å². The molecule has 0 atom stereocenters. The molecule has 1 aliphatic carbocycles. The molecule has 0 aliphatic heterocycles. The normalized spacial score (nSPS) is 13.6. The lowest BCUT2D eigenvalue weighted by molar-refractivity contribution is -0.147. The van der Waals surface area contributed by atoms with Gasteiger partial charge in [0.1, 0.15) is 18.4 Å². The molecule has 4 aromatic rings. The highest BCUT2D eigenvalue weighted by atomic mass is 16.5. The van der Waals surface area contributed by atoms with Gasteiger partial charge in [0.25, 0.3) is 5.91 Å². The number of benzene rings is 2. The fourth-order valence-electron chi connectivity index (χ4n) is 5.44. The van der Waals surface area contributed by atoms with Gasteiger partial charge in [-0.3, -0.25) is 14.4 Å². The van der Waals surface area contributed by atoms with Crippen molar-refractivity contribution in [3.63, 3.8) is 0 Å². The van der Waals surface area contributed by atoms with E-state index in [9.17, 15) is 19.6 Å². The van der Waals surface area contributed by atoms with Crippen LogP contribution in [0, 0.1) is 25.2 Å². The van der Waals surface area contributed by atoms with E-state index in [-0.39, 0.29) is 18.0 Å². The van der Waals surface area contributed by atoms with Gasteiger partial charge in [0.2, 0.25) is 0 Å². The first-order chi connectivity index (χ1) is 17.9. The molecule has 8 nitrogen and oxygen atoms in total. The van der Waals surface area contributed by atoms with Crippen LogP contribution < -0.4 is 10.7 Å². The van der Waals surface area contributed by atoms with E-state index in [1.165, 1.54) is 0 Å². The number of carbonyl (C=O) groups is 2. The van der Waals surface area contributed by atoms with Gasteiger partial charge in [-0.15, -0.1) is 0 Å². The van der Waals surface area contributed by atoms with E-state index in [2.05, 4.69) is 16.0 Å². The number of pyridine rings is 1. The van der Waals surface area contributed by atoms with E-state index in [1.54, 1.807) is 41.0 Å². The number of fused-ring (bicyclic) bond motifs is 2. The maximum atomic E-state index is 12.9. The van der Waals surface area contributed by atoms with Gasteiger partial charge >= 0.3 is 5.97 Å². The molecule has 8 heteroatoms. The number of rotatable bonds is 6. The van der Waals surface area contributed by atoms with Gasteiger partial charge in [-0.25, -0.2) is 0 Å². The summed E-state index contributed by atoms with van der Waals surface area (Å²) in [5.74, 6) is -0.632. The summed E-state index contributed by atoms with van der Waals surface area (Å²) in [7, 11) is 0. The van der Waals surface area contributed by atoms with Crippen LogP contribution in [0.3, 0.4) is 0 Å². The summed E-state index contributed by atoms with van der Waals surface area (Å²) in [6, 6.07) is 16.7. The Morgan fingerprint density at radius 3 is 2.22 bits per heavy atom. The summed E-state index contributed by atoms with van der Waals surface area (Å²) in [5.41, 5.74) is 3.39. The molecule has 188 valence electrons. The highest BCUT2D eigenvalue weighted by Gasteiger charge is 2.27. The van der Waals surface area contributed by atoms with E-state index < -0.39 is 18.5 Å². The molecule has 2 heterocycles. The van der Waals surface area contributed by atoms with Gasteiger partial charge in [0.15, 0.2) is 12.0 Å². The van der Waals surface area contributed by atoms with Crippen LogP contribution in [-0.4, -0.2) is 27.6 Å². The van der Waals surface area contributed by atoms with Gasteiger partial charge < -0.3 is 19.2 Å². The van der Waals surface area contributed by atoms with E-state index in [0.29, 0.717) is 33.2 Å². The third-order valence-corrected chi connectivity index (χ3v) is 7.35. The quantitative estimate of drug-likeness (QED) is 0.307. The lowest BCUT2D eigenvalue weighted by Crippen LogP contribution is -2.25. The summed E-state index contributed by atoms with van der Waals surface area (Å²) in [5, 5.41) is 13.6. The molecule has 1 N–H and O–H groups in total. The predicted molar refractivity (Wildman–Crippen MR) is 141 cm³/mol. The molecular weight excluding hydrogens is 468 g/mol. The largest absolute Gasteiger partial charge is 0.454 e. The third-order valence-electron chi connectivity index (χ3n) is 7.35. The summed E-state index contributed by atoms with van der Waals surface area (Å²) in [4.78, 5) is 38.6. The molecule has 37 heavy (non-hydrogen) atoms. The van der Waals surface area contributed by atoms with Crippen LogP contribution in [0.1, 0.15) is 48.5 Å². The van der Waals surface area contributed by atoms with Crippen molar-refractivity contribution in [2.45, 2.75) is 52.1 Å². The number of esters is 1. The Morgan fingerprint density at radius 1 is 1.03 bits per heavy atom. The summed E-state index contributed by atoms with van der Waals surface area (Å²) < 4.78 is 9.13. The van der Waals surface area contributed by atoms with Crippen LogP contribution in [0.5, 0.6) is 0 Å². The Morgan fingerprint density at radius 2 is 1.62 bits per heavy atom. The highest BCUT2D eigenvalue weighted by molar-refractivity contribution is 5.96. The molecule has 1 aliphatic rings. The third kappa shape index (κ3) is 4.38. The van der Waals surface area contributed by atoms with Crippen molar-refractivity contribution >= 4 is 39.5 Å². The van der Waals surface area contributed by atoms with Crippen molar-refractivity contribution < 1.29 is 14.3 Å². The molecule has 0 bridgehead atoms. The fraction of sp³-hybridized carbons (Fsp3) is 0.310. The average Bonchev–Trinajstić information content (AvgIpc) is 3.51. The number of aromatic nitrogens is 2. The van der Waals surface area contributed by atoms with Crippen molar-refractivity contribution in [3.8, 4) is 6.07 Å². The molecule has 2 aromatic heterocycles. The number of nitrogens with zero attached hydrogens (tertiary/aromatic N) is 3. The molecule has 0 spiro atoms. The van der Waals surface area contributed by atoms with Gasteiger partial charge in [-0.05, 0) is 56.5 Å². The van der Waals surface area contributed by atoms with Crippen LogP contribution >= 0.6 is 0 Å². The molecule has 0 saturated heterocycles. The number of anilines is 1. The summed E-state index contributed by atoms with van der Waals surface area (Å²) >= 11 is 0. The number of amides is 1. The predicted octanol–water partition coefficient (Wildman–Crippen LogP) is 4.74. The van der Waals surface area contributed by atoms with E-state index in [4.69, 9.17) is 4.74 Å². The first-order valence-electron chi connectivity index (χ1n) is 12.5. The number of nitrogens with one attached hydrogen (secondary N) is 1. The maximum absolute atomic E-state index is 12.9. The lowest BCUT2D eigenvalue weighted by Gasteiger charge is -2.19. The number of hydrogen-bond acceptors (Lipinski definition) is 5. The van der Waals surface area contributed by atoms with E-state index >= 15 is 0 Å². The minimum atomic E-state index is -0.604. The fourth-order valence-corrected chi connectivity index (χ4v) is 5.44. The monoisotopic (exact) mass is 496 g/mol. The Kier molecular flexibility index (Phi) is 6.53. The zero-order valence-corrected chi connectivity index (χ0v) is 20.9. The minimum Gasteiger partial charge on any atom is -0.454 e. The van der Waals surface area contributed by atoms with Gasteiger partial charge in [0, 0.05) is 22.5 Å². The molecule has 1 fully saturated rings. The molecule has 1 amide bonds. The van der Waals surface area contributed by atoms with Crippen LogP contribution in [0.2, 0.25) is 0 Å². The van der Waals surface area contributed by atoms with E-state index in [1.807, 2.05) is 26.0 Å². The molecule has 5 rings (SSSR count). The minimum absolute atomic E-state index is 0.0978. The first-order valence-corrected chi connectivity index (χ1v) is 12.5. The van der Waals surface area contributed by atoms with Crippen LogP contribution in [0.15, 0.2) is 53.3 Å². The van der Waals surface area contributed by atoms with Crippen LogP contribution in [0.25, 0.3) is 21.8 Å². The molecule has 1 saturated carbocycles. The second-order valence-electron chi connectivity index (χ2n) is 9.51. The number of nitriles is 1. The SMILES string of the molecule is Cc1c(C#N)c(NC(=O)COC(=O)Cn2c3ccccc3c(=O)c3ccccc32)n(C2CCCC2)c1C. The zero-order chi connectivity index (χ0) is 26.1. The smallest absolute Gasteiger partial charge is 0.326 e. The Labute approximate surface area is 214 Å². The molecule has 0 unspecified atom stereocenters. The second kappa shape index (κ2) is 9.94. The van der Waals surface area contributed by atoms with Crippen molar-refractivity contribution in [2.75, 3.05) is 11.9 Å². The molecule has 2 aromatic carbocycles. The first kappa shape index (κ1) is 24.3. The van der Waals surface area contributed by atoms with Crippen LogP contribution in [0.4, 0.5) is 5.82 Å². The van der Waals surface area contributed by atoms with Crippen molar-refractivity contribution in [2.24, 2.45) is 0 Å². The summed E-state index contributed by atoms with van der Waals surface area (Å²) in [6.07, 6.45) is 4.23. The molecular formula is C29H28N4O4. The Hall–Kier alpha value is -4.38. The van der Waals surface area contributed by atoms with Gasteiger partial charge in [-0.1, -0.05) is 37.1 Å². The number of carbonyl (C=O) groups excluding carboxylic acids is 2. The average molecular weight is 497 g/mol. The Balaban J connectivity index is 1.35. The number of para-hydroxylation sites is 2. The van der Waals surface area contributed by atoms with Gasteiger partial charge in [-0.2, -0.15) is 5.26 Å². The highest BCUT2D eigenvalue weighted by Crippen LogP contribution is 2.37. The zero-order valence-electron chi connectivity index (χ0n) is 20.9. The number of ether oxygens (including phenoxy) is 1. The topological polar surface area (TPSA) is 106 Å². The maximum Gasteiger partial charge on any atom is 0.326 e. The lowest BCUT2D eigenvalue weighted by atomic mass is 10.1. The standard InChI is InChI=1S/C29H28N4O4/c1-18-19(2)33(20-9-3-4-10-20)29(23(18)15-30)31-26(34)17-37-27(35)16-32-24-13-7-5-11-21(24)28(36)22-12-6-8-14-25(22)32/h5-8,11-14,20H,3-4,9-10,16-17H2,1-2H3,(H,31,34). The Bertz CT molecular complexity index is 1570. The second-order valence-corrected chi connectivity index (χ2v) is 9.51. The van der Waals surface area contributed by atoms with Crippen molar-refractivity contribution in [3.05, 3.63) is 75.6 Å². The summed E-state index contributed by atoms with van der Waals surface area (Å²) in [6.45, 7) is 3.21. The molecule has 0 radical (unpaired) electrons. The van der Waals surface area contributed by atoms with E-state index in [0.717, 1.165) is 36.9 Å².